The highest BCUT2D eigenvalue weighted by Crippen LogP contribution is 2.14. The molecule has 1 unspecified atom stereocenters. The van der Waals surface area contributed by atoms with Crippen molar-refractivity contribution in [2.75, 3.05) is 26.7 Å². The molecule has 2 rings (SSSR count). The summed E-state index contributed by atoms with van der Waals surface area (Å²) in [5, 5.41) is 6.44. The number of nitrogens with zero attached hydrogens (tertiary/aromatic N) is 2. The zero-order valence-corrected chi connectivity index (χ0v) is 19.9. The first-order chi connectivity index (χ1) is 13.1. The van der Waals surface area contributed by atoms with Crippen molar-refractivity contribution < 1.29 is 9.53 Å². The molecule has 158 valence electrons. The third kappa shape index (κ3) is 7.58. The highest BCUT2D eigenvalue weighted by Gasteiger charge is 2.21. The molecule has 0 saturated carbocycles. The minimum absolute atomic E-state index is 0. The van der Waals surface area contributed by atoms with E-state index in [0.717, 1.165) is 50.5 Å². The number of piperidine rings is 1. The Kier molecular flexibility index (Phi) is 11.4. The number of halogens is 1. The average Bonchev–Trinajstić information content (AvgIpc) is 2.70. The number of rotatable bonds is 7. The second kappa shape index (κ2) is 13.0. The molecule has 2 N–H and O–H groups in total. The fourth-order valence-electron chi connectivity index (χ4n) is 3.22. The van der Waals surface area contributed by atoms with Gasteiger partial charge in [-0.2, -0.15) is 0 Å². The maximum atomic E-state index is 12.3. The van der Waals surface area contributed by atoms with Crippen molar-refractivity contribution in [2.45, 2.75) is 58.7 Å². The van der Waals surface area contributed by atoms with Gasteiger partial charge in [-0.05, 0) is 50.8 Å². The number of hydrogen-bond acceptors (Lipinski definition) is 3. The molecule has 0 bridgehead atoms. The summed E-state index contributed by atoms with van der Waals surface area (Å²) in [6, 6.07) is 7.94. The topological polar surface area (TPSA) is 66.0 Å². The second-order valence-corrected chi connectivity index (χ2v) is 7.03. The first-order valence-electron chi connectivity index (χ1n) is 10.0. The predicted octanol–water partition coefficient (Wildman–Crippen LogP) is 3.41. The molecule has 0 aromatic heterocycles. The van der Waals surface area contributed by atoms with Crippen LogP contribution < -0.4 is 10.6 Å². The third-order valence-electron chi connectivity index (χ3n) is 4.99. The Morgan fingerprint density at radius 2 is 2.04 bits per heavy atom. The van der Waals surface area contributed by atoms with E-state index in [1.54, 1.807) is 0 Å². The van der Waals surface area contributed by atoms with Crippen molar-refractivity contribution in [3.05, 3.63) is 35.4 Å². The number of carbonyl (C=O) groups excluding carboxylic acids is 1. The first-order valence-corrected chi connectivity index (χ1v) is 10.0. The number of benzene rings is 1. The van der Waals surface area contributed by atoms with Gasteiger partial charge in [0.15, 0.2) is 5.96 Å². The van der Waals surface area contributed by atoms with E-state index < -0.39 is 0 Å². The third-order valence-corrected chi connectivity index (χ3v) is 4.99. The fraction of sp³-hybridized carbons (Fsp3) is 0.619. The van der Waals surface area contributed by atoms with E-state index in [9.17, 15) is 4.79 Å². The molecule has 1 aromatic carbocycles. The van der Waals surface area contributed by atoms with Crippen LogP contribution in [0.3, 0.4) is 0 Å². The van der Waals surface area contributed by atoms with E-state index in [4.69, 9.17) is 4.74 Å². The van der Waals surface area contributed by atoms with Crippen LogP contribution in [0, 0.1) is 0 Å². The van der Waals surface area contributed by atoms with Crippen LogP contribution in [0.2, 0.25) is 0 Å². The summed E-state index contributed by atoms with van der Waals surface area (Å²) in [5.41, 5.74) is 1.76. The van der Waals surface area contributed by atoms with Crippen molar-refractivity contribution in [2.24, 2.45) is 4.99 Å². The van der Waals surface area contributed by atoms with Gasteiger partial charge in [-0.25, -0.2) is 0 Å². The van der Waals surface area contributed by atoms with Crippen molar-refractivity contribution in [3.63, 3.8) is 0 Å². The molecule has 7 heteroatoms. The molecule has 1 amide bonds. The molecule has 0 spiro atoms. The van der Waals surface area contributed by atoms with Gasteiger partial charge in [0, 0.05) is 44.9 Å². The molecule has 1 aliphatic heterocycles. The maximum absolute atomic E-state index is 12.3. The monoisotopic (exact) mass is 502 g/mol. The standard InChI is InChI=1S/C21H34N4O2.HI/c1-5-16(3)24-20(26)18-9-7-8-17(14-18)15-23-21(22-4)25-12-10-19(11-13-25)27-6-2;/h7-9,14,16,19H,5-6,10-13,15H2,1-4H3,(H,22,23)(H,24,26);1H. The number of ether oxygens (including phenoxy) is 1. The molecule has 28 heavy (non-hydrogen) atoms. The summed E-state index contributed by atoms with van der Waals surface area (Å²) < 4.78 is 5.72. The van der Waals surface area contributed by atoms with Crippen molar-refractivity contribution in [3.8, 4) is 0 Å². The van der Waals surface area contributed by atoms with E-state index in [1.807, 2.05) is 45.2 Å². The highest BCUT2D eigenvalue weighted by molar-refractivity contribution is 14.0. The van der Waals surface area contributed by atoms with Gasteiger partial charge in [-0.15, -0.1) is 24.0 Å². The number of amides is 1. The summed E-state index contributed by atoms with van der Waals surface area (Å²) in [6.07, 6.45) is 3.34. The Bertz CT molecular complexity index is 631. The van der Waals surface area contributed by atoms with Crippen LogP contribution in [0.15, 0.2) is 29.3 Å². The van der Waals surface area contributed by atoms with Gasteiger partial charge in [0.1, 0.15) is 0 Å². The van der Waals surface area contributed by atoms with Gasteiger partial charge >= 0.3 is 0 Å². The van der Waals surface area contributed by atoms with Crippen LogP contribution in [0.25, 0.3) is 0 Å². The normalized spacial score (nSPS) is 16.3. The lowest BCUT2D eigenvalue weighted by molar-refractivity contribution is 0.0263. The van der Waals surface area contributed by atoms with Gasteiger partial charge in [0.25, 0.3) is 5.91 Å². The zero-order chi connectivity index (χ0) is 19.6. The van der Waals surface area contributed by atoms with E-state index in [2.05, 4.69) is 27.4 Å². The fourth-order valence-corrected chi connectivity index (χ4v) is 3.22. The lowest BCUT2D eigenvalue weighted by atomic mass is 10.1. The largest absolute Gasteiger partial charge is 0.378 e. The summed E-state index contributed by atoms with van der Waals surface area (Å²) in [4.78, 5) is 19.0. The molecule has 1 saturated heterocycles. The Morgan fingerprint density at radius 1 is 1.32 bits per heavy atom. The zero-order valence-electron chi connectivity index (χ0n) is 17.5. The van der Waals surface area contributed by atoms with Crippen molar-refractivity contribution in [1.82, 2.24) is 15.5 Å². The Hall–Kier alpha value is -1.35. The van der Waals surface area contributed by atoms with Gasteiger partial charge < -0.3 is 20.3 Å². The summed E-state index contributed by atoms with van der Waals surface area (Å²) >= 11 is 0. The van der Waals surface area contributed by atoms with Gasteiger partial charge in [0.05, 0.1) is 6.10 Å². The molecule has 0 aliphatic carbocycles. The van der Waals surface area contributed by atoms with Crippen LogP contribution in [-0.2, 0) is 11.3 Å². The van der Waals surface area contributed by atoms with Crippen molar-refractivity contribution in [1.29, 1.82) is 0 Å². The molecule has 1 atom stereocenters. The molecule has 1 aromatic rings. The lowest BCUT2D eigenvalue weighted by Gasteiger charge is -2.34. The molecule has 1 fully saturated rings. The van der Waals surface area contributed by atoms with Crippen LogP contribution in [-0.4, -0.2) is 55.7 Å². The van der Waals surface area contributed by atoms with Gasteiger partial charge in [-0.1, -0.05) is 19.1 Å². The van der Waals surface area contributed by atoms with Crippen LogP contribution in [0.4, 0.5) is 0 Å². The summed E-state index contributed by atoms with van der Waals surface area (Å²) in [5.74, 6) is 0.882. The van der Waals surface area contributed by atoms with Crippen LogP contribution in [0.1, 0.15) is 56.0 Å². The molecular formula is C21H35IN4O2. The van der Waals surface area contributed by atoms with Crippen LogP contribution >= 0.6 is 24.0 Å². The first kappa shape index (κ1) is 24.7. The van der Waals surface area contributed by atoms with E-state index in [-0.39, 0.29) is 35.9 Å². The Labute approximate surface area is 186 Å². The SMILES string of the molecule is CCOC1CCN(C(=NC)NCc2cccc(C(=O)NC(C)CC)c2)CC1.I. The lowest BCUT2D eigenvalue weighted by Crippen LogP contribution is -2.46. The molecule has 1 heterocycles. The van der Waals surface area contributed by atoms with Gasteiger partial charge in [-0.3, -0.25) is 9.79 Å². The summed E-state index contributed by atoms with van der Waals surface area (Å²) in [6.45, 7) is 9.44. The molecule has 0 radical (unpaired) electrons. The van der Waals surface area contributed by atoms with Crippen LogP contribution in [0.5, 0.6) is 0 Å². The van der Waals surface area contributed by atoms with E-state index >= 15 is 0 Å². The highest BCUT2D eigenvalue weighted by atomic mass is 127. The van der Waals surface area contributed by atoms with E-state index in [0.29, 0.717) is 18.2 Å². The number of carbonyl (C=O) groups is 1. The van der Waals surface area contributed by atoms with E-state index in [1.165, 1.54) is 0 Å². The predicted molar refractivity (Wildman–Crippen MR) is 125 cm³/mol. The second-order valence-electron chi connectivity index (χ2n) is 7.03. The number of likely N-dealkylation sites (tertiary alicyclic amines) is 1. The van der Waals surface area contributed by atoms with Gasteiger partial charge in [0.2, 0.25) is 0 Å². The number of hydrogen-bond donors (Lipinski definition) is 2. The Balaban J connectivity index is 0.00000392. The number of aliphatic imine (C=N–C) groups is 1. The smallest absolute Gasteiger partial charge is 0.251 e. The molecule has 6 nitrogen and oxygen atoms in total. The maximum Gasteiger partial charge on any atom is 0.251 e. The Morgan fingerprint density at radius 3 is 2.64 bits per heavy atom. The molecular weight excluding hydrogens is 467 g/mol. The van der Waals surface area contributed by atoms with Crippen molar-refractivity contribution >= 4 is 35.8 Å². The minimum atomic E-state index is -0.0198. The minimum Gasteiger partial charge on any atom is -0.378 e. The average molecular weight is 502 g/mol. The summed E-state index contributed by atoms with van der Waals surface area (Å²) in [7, 11) is 1.81. The quantitative estimate of drug-likeness (QED) is 0.341. The molecule has 1 aliphatic rings. The number of nitrogens with one attached hydrogen (secondary N) is 2. The number of guanidine groups is 1.